The lowest BCUT2D eigenvalue weighted by Crippen LogP contribution is -2.54. The van der Waals surface area contributed by atoms with Crippen LogP contribution in [0.25, 0.3) is 0 Å². The number of carboxylic acid groups (broad SMARTS) is 1. The Morgan fingerprint density at radius 3 is 2.56 bits per heavy atom. The van der Waals surface area contributed by atoms with Gasteiger partial charge in [0.05, 0.1) is 10.9 Å². The standard InChI is InChI=1S/C25H31N3O7S/c1-25(2)22(29)21(27-24(32)26-15-16-8-4-3-5-9-16)18-14-17(11-12-20(18)35-25)36(33,34)28-13-7-6-10-19(28)23(30)31/h3-5,8-9,11-12,14,19,21-22,29H,6-7,10,13,15H2,1-2H3,(H,30,31)(H2,26,27,32)/t19?,21-,22+/m1/s1. The number of carboxylic acids is 1. The van der Waals surface area contributed by atoms with Crippen molar-refractivity contribution in [3.8, 4) is 5.75 Å². The van der Waals surface area contributed by atoms with Gasteiger partial charge in [-0.25, -0.2) is 13.2 Å². The second-order valence-corrected chi connectivity index (χ2v) is 11.5. The van der Waals surface area contributed by atoms with Crippen LogP contribution < -0.4 is 15.4 Å². The molecule has 10 nitrogen and oxygen atoms in total. The fourth-order valence-electron chi connectivity index (χ4n) is 4.64. The third-order valence-electron chi connectivity index (χ3n) is 6.65. The highest BCUT2D eigenvalue weighted by atomic mass is 32.2. The number of ether oxygens (including phenoxy) is 1. The van der Waals surface area contributed by atoms with Crippen molar-refractivity contribution < 1.29 is 33.0 Å². The van der Waals surface area contributed by atoms with Crippen molar-refractivity contribution in [3.05, 3.63) is 59.7 Å². The Bertz CT molecular complexity index is 1230. The molecule has 1 saturated heterocycles. The molecule has 2 heterocycles. The van der Waals surface area contributed by atoms with Crippen LogP contribution in [0.4, 0.5) is 4.79 Å². The van der Waals surface area contributed by atoms with Gasteiger partial charge < -0.3 is 25.6 Å². The van der Waals surface area contributed by atoms with E-state index in [4.69, 9.17) is 4.74 Å². The highest BCUT2D eigenvalue weighted by Gasteiger charge is 2.45. The van der Waals surface area contributed by atoms with Crippen LogP contribution in [0.5, 0.6) is 5.75 Å². The molecule has 2 aliphatic rings. The van der Waals surface area contributed by atoms with Gasteiger partial charge in [-0.15, -0.1) is 0 Å². The fraction of sp³-hybridized carbons (Fsp3) is 0.440. The molecule has 2 aromatic rings. The number of rotatable bonds is 6. The molecule has 3 atom stereocenters. The SMILES string of the molecule is CC1(C)Oc2ccc(S(=O)(=O)N3CCCCC3C(=O)O)cc2[C@@H](NC(=O)NCc2ccccc2)[C@@H]1O. The third-order valence-corrected chi connectivity index (χ3v) is 8.55. The normalized spacial score (nSPS) is 23.7. The van der Waals surface area contributed by atoms with Gasteiger partial charge in [0.1, 0.15) is 23.5 Å². The Labute approximate surface area is 210 Å². The minimum Gasteiger partial charge on any atom is -0.485 e. The van der Waals surface area contributed by atoms with Crippen LogP contribution in [0, 0.1) is 0 Å². The maximum absolute atomic E-state index is 13.4. The Kier molecular flexibility index (Phi) is 7.26. The number of sulfonamides is 1. The summed E-state index contributed by atoms with van der Waals surface area (Å²) >= 11 is 0. The van der Waals surface area contributed by atoms with Crippen molar-refractivity contribution in [1.82, 2.24) is 14.9 Å². The first-order valence-corrected chi connectivity index (χ1v) is 13.3. The van der Waals surface area contributed by atoms with Crippen molar-refractivity contribution in [2.24, 2.45) is 0 Å². The topological polar surface area (TPSA) is 145 Å². The van der Waals surface area contributed by atoms with Crippen molar-refractivity contribution in [1.29, 1.82) is 0 Å². The van der Waals surface area contributed by atoms with Gasteiger partial charge in [-0.1, -0.05) is 30.3 Å². The maximum atomic E-state index is 13.4. The van der Waals surface area contributed by atoms with Gasteiger partial charge in [0.15, 0.2) is 0 Å². The highest BCUT2D eigenvalue weighted by molar-refractivity contribution is 7.89. The van der Waals surface area contributed by atoms with E-state index >= 15 is 0 Å². The fourth-order valence-corrected chi connectivity index (χ4v) is 6.33. The second-order valence-electron chi connectivity index (χ2n) is 9.61. The van der Waals surface area contributed by atoms with Gasteiger partial charge in [0, 0.05) is 18.7 Å². The van der Waals surface area contributed by atoms with Gasteiger partial charge in [-0.3, -0.25) is 4.79 Å². The number of nitrogens with one attached hydrogen (secondary N) is 2. The summed E-state index contributed by atoms with van der Waals surface area (Å²) in [5, 5.41) is 26.1. The predicted octanol–water partition coefficient (Wildman–Crippen LogP) is 2.39. The first-order valence-electron chi connectivity index (χ1n) is 11.8. The van der Waals surface area contributed by atoms with Crippen LogP contribution in [-0.2, 0) is 21.4 Å². The van der Waals surface area contributed by atoms with E-state index in [9.17, 15) is 28.2 Å². The average molecular weight is 518 g/mol. The third kappa shape index (κ3) is 5.18. The van der Waals surface area contributed by atoms with E-state index in [0.29, 0.717) is 24.2 Å². The van der Waals surface area contributed by atoms with E-state index in [2.05, 4.69) is 10.6 Å². The van der Waals surface area contributed by atoms with Crippen LogP contribution in [-0.4, -0.2) is 59.2 Å². The molecule has 4 rings (SSSR count). The van der Waals surface area contributed by atoms with E-state index < -0.39 is 45.8 Å². The molecule has 2 aromatic carbocycles. The summed E-state index contributed by atoms with van der Waals surface area (Å²) in [6.07, 6.45) is 0.246. The minimum absolute atomic E-state index is 0.103. The molecular weight excluding hydrogens is 486 g/mol. The molecule has 0 radical (unpaired) electrons. The number of carbonyl (C=O) groups excluding carboxylic acids is 1. The van der Waals surface area contributed by atoms with Gasteiger partial charge in [0.2, 0.25) is 10.0 Å². The lowest BCUT2D eigenvalue weighted by atomic mass is 9.86. The molecule has 0 saturated carbocycles. The number of hydrogen-bond acceptors (Lipinski definition) is 6. The van der Waals surface area contributed by atoms with Gasteiger partial charge >= 0.3 is 12.0 Å². The molecule has 2 amide bonds. The molecule has 194 valence electrons. The molecule has 0 bridgehead atoms. The number of amides is 2. The number of fused-ring (bicyclic) bond motifs is 1. The number of urea groups is 1. The first kappa shape index (κ1) is 25.9. The number of carbonyl (C=O) groups is 2. The van der Waals surface area contributed by atoms with Gasteiger partial charge in [-0.05, 0) is 56.9 Å². The molecule has 0 aliphatic carbocycles. The second kappa shape index (κ2) is 10.1. The van der Waals surface area contributed by atoms with Crippen molar-refractivity contribution in [2.75, 3.05) is 6.54 Å². The maximum Gasteiger partial charge on any atom is 0.322 e. The molecule has 2 aliphatic heterocycles. The van der Waals surface area contributed by atoms with E-state index in [1.54, 1.807) is 13.8 Å². The molecule has 1 fully saturated rings. The van der Waals surface area contributed by atoms with Crippen LogP contribution >= 0.6 is 0 Å². The van der Waals surface area contributed by atoms with Crippen molar-refractivity contribution in [2.45, 2.75) is 68.3 Å². The number of aliphatic hydroxyl groups is 1. The van der Waals surface area contributed by atoms with E-state index in [0.717, 1.165) is 9.87 Å². The van der Waals surface area contributed by atoms with Crippen LogP contribution in [0.2, 0.25) is 0 Å². The van der Waals surface area contributed by atoms with Crippen LogP contribution in [0.15, 0.2) is 53.4 Å². The quantitative estimate of drug-likeness (QED) is 0.460. The lowest BCUT2D eigenvalue weighted by molar-refractivity contribution is -0.142. The smallest absolute Gasteiger partial charge is 0.322 e. The average Bonchev–Trinajstić information content (AvgIpc) is 2.85. The molecule has 36 heavy (non-hydrogen) atoms. The van der Waals surface area contributed by atoms with Crippen molar-refractivity contribution in [3.63, 3.8) is 0 Å². The summed E-state index contributed by atoms with van der Waals surface area (Å²) in [4.78, 5) is 24.3. The van der Waals surface area contributed by atoms with E-state index in [1.807, 2.05) is 30.3 Å². The van der Waals surface area contributed by atoms with Crippen LogP contribution in [0.1, 0.15) is 50.3 Å². The van der Waals surface area contributed by atoms with Crippen LogP contribution in [0.3, 0.4) is 0 Å². The Hall–Kier alpha value is -3.15. The number of hydrogen-bond donors (Lipinski definition) is 4. The molecule has 0 aromatic heterocycles. The number of aliphatic hydroxyl groups excluding tert-OH is 1. The van der Waals surface area contributed by atoms with Gasteiger partial charge in [-0.2, -0.15) is 4.31 Å². The summed E-state index contributed by atoms with van der Waals surface area (Å²) in [7, 11) is -4.15. The van der Waals surface area contributed by atoms with Gasteiger partial charge in [0.25, 0.3) is 0 Å². The van der Waals surface area contributed by atoms with E-state index in [1.165, 1.54) is 18.2 Å². The van der Waals surface area contributed by atoms with Crippen molar-refractivity contribution >= 4 is 22.0 Å². The summed E-state index contributed by atoms with van der Waals surface area (Å²) in [6, 6.07) is 10.9. The molecule has 1 unspecified atom stereocenters. The predicted molar refractivity (Wildman–Crippen MR) is 131 cm³/mol. The molecular formula is C25H31N3O7S. The number of piperidine rings is 1. The zero-order valence-corrected chi connectivity index (χ0v) is 21.0. The Balaban J connectivity index is 1.63. The zero-order valence-electron chi connectivity index (χ0n) is 20.2. The van der Waals surface area contributed by atoms with E-state index in [-0.39, 0.29) is 24.4 Å². The summed E-state index contributed by atoms with van der Waals surface area (Å²) in [5.41, 5.74) is 0.122. The molecule has 11 heteroatoms. The number of aliphatic carboxylic acids is 1. The summed E-state index contributed by atoms with van der Waals surface area (Å²) in [6.45, 7) is 3.72. The number of nitrogens with zero attached hydrogens (tertiary/aromatic N) is 1. The molecule has 0 spiro atoms. The minimum atomic E-state index is -4.15. The Morgan fingerprint density at radius 2 is 1.86 bits per heavy atom. The zero-order chi connectivity index (χ0) is 26.1. The molecule has 4 N–H and O–H groups in total. The number of benzene rings is 2. The monoisotopic (exact) mass is 517 g/mol. The highest BCUT2D eigenvalue weighted by Crippen LogP contribution is 2.41. The summed E-state index contributed by atoms with van der Waals surface area (Å²) < 4.78 is 33.8. The lowest BCUT2D eigenvalue weighted by Gasteiger charge is -2.42. The Morgan fingerprint density at radius 1 is 1.14 bits per heavy atom. The first-order chi connectivity index (χ1) is 17.0. The summed E-state index contributed by atoms with van der Waals surface area (Å²) in [5.74, 6) is -0.864. The largest absolute Gasteiger partial charge is 0.485 e.